The molecule has 0 aliphatic rings. The smallest absolute Gasteiger partial charge is 0.243 e. The van der Waals surface area contributed by atoms with Crippen molar-refractivity contribution < 1.29 is 33.9 Å². The minimum Gasteiger partial charge on any atom is -0.508 e. The van der Waals surface area contributed by atoms with Gasteiger partial charge in [-0.2, -0.15) is 0 Å². The Balaban J connectivity index is 3.14. The van der Waals surface area contributed by atoms with Gasteiger partial charge >= 0.3 is 0 Å². The van der Waals surface area contributed by atoms with Crippen LogP contribution in [0.2, 0.25) is 0 Å². The van der Waals surface area contributed by atoms with Gasteiger partial charge in [0.05, 0.1) is 6.54 Å². The Hall–Kier alpha value is -4.20. The molecular formula is C31H51N7O7. The van der Waals surface area contributed by atoms with Crippen LogP contribution in [0.15, 0.2) is 24.3 Å². The van der Waals surface area contributed by atoms with Crippen LogP contribution in [-0.2, 0) is 35.2 Å². The molecule has 252 valence electrons. The summed E-state index contributed by atoms with van der Waals surface area (Å²) in [6.07, 6.45) is 2.18. The van der Waals surface area contributed by atoms with Gasteiger partial charge < -0.3 is 43.2 Å². The minimum atomic E-state index is -1.08. The van der Waals surface area contributed by atoms with Gasteiger partial charge in [-0.25, -0.2) is 0 Å². The zero-order valence-corrected chi connectivity index (χ0v) is 27.0. The standard InChI is InChI=1S/C31H51N7O7/c1-6-19(4)27(38-26(41)17-34-20(5)39)31(45)35-23(9-7-8-14-32)29(43)37-25(15-18(2)3)30(44)36-24(28(33)42)16-21-10-12-22(40)13-11-21/h10-13,18-19,23-25,27,40H,6-9,14-17,32H2,1-5H3,(H2,33,42)(H,34,39)(H,35,45)(H,36,44)(H,37,43)(H,38,41)/t19-,23-,24-,25-,27-/m0/s1. The average Bonchev–Trinajstić information content (AvgIpc) is 2.97. The van der Waals surface area contributed by atoms with Crippen molar-refractivity contribution in [2.45, 2.75) is 97.3 Å². The third-order valence-corrected chi connectivity index (χ3v) is 7.27. The highest BCUT2D eigenvalue weighted by Gasteiger charge is 2.32. The molecule has 0 bridgehead atoms. The Kier molecular flexibility index (Phi) is 17.2. The largest absolute Gasteiger partial charge is 0.508 e. The van der Waals surface area contributed by atoms with Crippen LogP contribution in [-0.4, -0.2) is 77.8 Å². The molecule has 10 N–H and O–H groups in total. The molecule has 1 rings (SSSR count). The van der Waals surface area contributed by atoms with Crippen molar-refractivity contribution in [3.05, 3.63) is 29.8 Å². The van der Waals surface area contributed by atoms with Crippen LogP contribution < -0.4 is 38.1 Å². The van der Waals surface area contributed by atoms with Crippen LogP contribution in [0.3, 0.4) is 0 Å². The van der Waals surface area contributed by atoms with Gasteiger partial charge in [-0.1, -0.05) is 46.2 Å². The van der Waals surface area contributed by atoms with Crippen molar-refractivity contribution in [3.63, 3.8) is 0 Å². The van der Waals surface area contributed by atoms with Gasteiger partial charge in [0, 0.05) is 13.3 Å². The Bertz CT molecular complexity index is 1140. The number of phenols is 1. The fourth-order valence-electron chi connectivity index (χ4n) is 4.49. The summed E-state index contributed by atoms with van der Waals surface area (Å²) in [6.45, 7) is 8.72. The number of primary amides is 1. The van der Waals surface area contributed by atoms with Gasteiger partial charge in [0.2, 0.25) is 35.4 Å². The molecule has 45 heavy (non-hydrogen) atoms. The van der Waals surface area contributed by atoms with Crippen LogP contribution in [0.4, 0.5) is 0 Å². The molecule has 0 aliphatic heterocycles. The summed E-state index contributed by atoms with van der Waals surface area (Å²) in [7, 11) is 0. The second-order valence-electron chi connectivity index (χ2n) is 11.7. The van der Waals surface area contributed by atoms with Crippen LogP contribution in [0.1, 0.15) is 72.3 Å². The third kappa shape index (κ3) is 14.9. The first kappa shape index (κ1) is 38.8. The molecule has 0 heterocycles. The highest BCUT2D eigenvalue weighted by atomic mass is 16.3. The highest BCUT2D eigenvalue weighted by molar-refractivity contribution is 5.95. The lowest BCUT2D eigenvalue weighted by Gasteiger charge is -2.28. The fourth-order valence-corrected chi connectivity index (χ4v) is 4.49. The predicted molar refractivity (Wildman–Crippen MR) is 169 cm³/mol. The molecule has 0 radical (unpaired) electrons. The quantitative estimate of drug-likeness (QED) is 0.0887. The van der Waals surface area contributed by atoms with E-state index in [4.69, 9.17) is 11.5 Å². The highest BCUT2D eigenvalue weighted by Crippen LogP contribution is 2.13. The van der Waals surface area contributed by atoms with E-state index in [1.165, 1.54) is 19.1 Å². The molecule has 0 unspecified atom stereocenters. The number of phenolic OH excluding ortho intramolecular Hbond substituents is 1. The van der Waals surface area contributed by atoms with Gasteiger partial charge in [0.15, 0.2) is 0 Å². The van der Waals surface area contributed by atoms with E-state index in [-0.39, 0.29) is 43.4 Å². The van der Waals surface area contributed by atoms with Crippen molar-refractivity contribution in [2.75, 3.05) is 13.1 Å². The first-order chi connectivity index (χ1) is 21.2. The van der Waals surface area contributed by atoms with Gasteiger partial charge in [-0.05, 0) is 61.8 Å². The maximum absolute atomic E-state index is 13.6. The maximum Gasteiger partial charge on any atom is 0.243 e. The summed E-state index contributed by atoms with van der Waals surface area (Å²) < 4.78 is 0. The Morgan fingerprint density at radius 2 is 1.40 bits per heavy atom. The minimum absolute atomic E-state index is 0.0240. The summed E-state index contributed by atoms with van der Waals surface area (Å²) in [6, 6.07) is 1.97. The first-order valence-electron chi connectivity index (χ1n) is 15.4. The van der Waals surface area contributed by atoms with Gasteiger partial charge in [-0.15, -0.1) is 0 Å². The number of carbonyl (C=O) groups excluding carboxylic acids is 6. The predicted octanol–water partition coefficient (Wildman–Crippen LogP) is -0.283. The SMILES string of the molecule is CC[C@H](C)[C@H](NC(=O)CNC(C)=O)C(=O)N[C@@H](CCCCN)C(=O)N[C@@H](CC(C)C)C(=O)N[C@@H](Cc1ccc(O)cc1)C(N)=O. The molecule has 14 heteroatoms. The number of hydrogen-bond acceptors (Lipinski definition) is 8. The molecule has 6 amide bonds. The topological polar surface area (TPSA) is 235 Å². The molecule has 0 saturated carbocycles. The fraction of sp³-hybridized carbons (Fsp3) is 0.613. The van der Waals surface area contributed by atoms with Crippen LogP contribution in [0.25, 0.3) is 0 Å². The van der Waals surface area contributed by atoms with E-state index in [1.54, 1.807) is 19.1 Å². The van der Waals surface area contributed by atoms with Gasteiger partial charge in [0.1, 0.15) is 29.9 Å². The maximum atomic E-state index is 13.6. The monoisotopic (exact) mass is 633 g/mol. The number of unbranched alkanes of at least 4 members (excludes halogenated alkanes) is 1. The molecule has 0 fully saturated rings. The van der Waals surface area contributed by atoms with E-state index >= 15 is 0 Å². The second kappa shape index (κ2) is 20.0. The Labute approximate surface area is 265 Å². The lowest BCUT2D eigenvalue weighted by Crippen LogP contribution is -2.59. The van der Waals surface area contributed by atoms with E-state index < -0.39 is 59.6 Å². The molecule has 1 aromatic carbocycles. The van der Waals surface area contributed by atoms with Crippen LogP contribution >= 0.6 is 0 Å². The Morgan fingerprint density at radius 1 is 0.822 bits per heavy atom. The Morgan fingerprint density at radius 3 is 1.93 bits per heavy atom. The van der Waals surface area contributed by atoms with Crippen molar-refractivity contribution in [3.8, 4) is 5.75 Å². The first-order valence-corrected chi connectivity index (χ1v) is 15.4. The van der Waals surface area contributed by atoms with Crippen LogP contribution in [0.5, 0.6) is 5.75 Å². The summed E-state index contributed by atoms with van der Waals surface area (Å²) >= 11 is 0. The van der Waals surface area contributed by atoms with Crippen molar-refractivity contribution >= 4 is 35.4 Å². The van der Waals surface area contributed by atoms with Crippen LogP contribution in [0, 0.1) is 11.8 Å². The number of nitrogens with two attached hydrogens (primary N) is 2. The molecule has 0 spiro atoms. The van der Waals surface area contributed by atoms with E-state index in [9.17, 15) is 33.9 Å². The van der Waals surface area contributed by atoms with E-state index in [0.717, 1.165) is 0 Å². The second-order valence-corrected chi connectivity index (χ2v) is 11.7. The lowest BCUT2D eigenvalue weighted by molar-refractivity contribution is -0.135. The van der Waals surface area contributed by atoms with Crippen molar-refractivity contribution in [1.82, 2.24) is 26.6 Å². The van der Waals surface area contributed by atoms with Gasteiger partial charge in [-0.3, -0.25) is 28.8 Å². The number of nitrogens with one attached hydrogen (secondary N) is 5. The number of aromatic hydroxyl groups is 1. The third-order valence-electron chi connectivity index (χ3n) is 7.27. The molecule has 1 aromatic rings. The molecular weight excluding hydrogens is 582 g/mol. The van der Waals surface area contributed by atoms with E-state index in [1.807, 2.05) is 20.8 Å². The molecule has 0 aromatic heterocycles. The summed E-state index contributed by atoms with van der Waals surface area (Å²) in [4.78, 5) is 76.2. The van der Waals surface area contributed by atoms with Gasteiger partial charge in [0.25, 0.3) is 0 Å². The summed E-state index contributed by atoms with van der Waals surface area (Å²) in [5.41, 5.74) is 11.9. The molecule has 0 aliphatic carbocycles. The zero-order chi connectivity index (χ0) is 34.1. The number of carbonyl (C=O) groups is 6. The number of rotatable bonds is 20. The van der Waals surface area contributed by atoms with E-state index in [0.29, 0.717) is 31.4 Å². The molecule has 0 saturated heterocycles. The normalized spacial score (nSPS) is 14.3. The summed E-state index contributed by atoms with van der Waals surface area (Å²) in [5.74, 6) is -3.79. The number of benzene rings is 1. The number of amides is 6. The summed E-state index contributed by atoms with van der Waals surface area (Å²) in [5, 5.41) is 22.7. The number of hydrogen-bond donors (Lipinski definition) is 8. The molecule has 5 atom stereocenters. The van der Waals surface area contributed by atoms with E-state index in [2.05, 4.69) is 26.6 Å². The zero-order valence-electron chi connectivity index (χ0n) is 27.0. The average molecular weight is 634 g/mol. The van der Waals surface area contributed by atoms with Crippen molar-refractivity contribution in [2.24, 2.45) is 23.3 Å². The van der Waals surface area contributed by atoms with Crippen molar-refractivity contribution in [1.29, 1.82) is 0 Å². The molecule has 14 nitrogen and oxygen atoms in total. The lowest BCUT2D eigenvalue weighted by atomic mass is 9.97.